The highest BCUT2D eigenvalue weighted by atomic mass is 16.1. The molecule has 2 atom stereocenters. The van der Waals surface area contributed by atoms with E-state index in [0.717, 1.165) is 11.1 Å². The molecule has 3 N–H and O–H groups in total. The summed E-state index contributed by atoms with van der Waals surface area (Å²) in [5.74, 6) is -0.268. The molecule has 2 unspecified atom stereocenters. The predicted octanol–water partition coefficient (Wildman–Crippen LogP) is 2.00. The molecule has 0 spiro atoms. The summed E-state index contributed by atoms with van der Waals surface area (Å²) in [5, 5.41) is 2.89. The second-order valence-corrected chi connectivity index (χ2v) is 4.77. The lowest BCUT2D eigenvalue weighted by molar-refractivity contribution is -0.122. The van der Waals surface area contributed by atoms with Gasteiger partial charge < -0.3 is 11.1 Å². The van der Waals surface area contributed by atoms with Crippen LogP contribution in [0.25, 0.3) is 0 Å². The summed E-state index contributed by atoms with van der Waals surface area (Å²) < 4.78 is 0. The standard InChI is InChI=1S/C16H19N3O/c1-12(14-8-5-9-18-10-14)16(20)19-11-15(17)13-6-3-2-4-7-13/h2-10,12,15H,11,17H2,1H3,(H,19,20). The molecule has 0 aliphatic carbocycles. The highest BCUT2D eigenvalue weighted by Gasteiger charge is 2.16. The first-order valence-corrected chi connectivity index (χ1v) is 6.66. The molecule has 2 rings (SSSR count). The van der Waals surface area contributed by atoms with Gasteiger partial charge in [-0.2, -0.15) is 0 Å². The van der Waals surface area contributed by atoms with Crippen LogP contribution in [-0.2, 0) is 4.79 Å². The van der Waals surface area contributed by atoms with E-state index in [1.165, 1.54) is 0 Å². The van der Waals surface area contributed by atoms with E-state index < -0.39 is 0 Å². The second-order valence-electron chi connectivity index (χ2n) is 4.77. The average Bonchev–Trinajstić information content (AvgIpc) is 2.53. The molecule has 1 amide bonds. The molecular formula is C16H19N3O. The Kier molecular flexibility index (Phi) is 4.85. The fourth-order valence-corrected chi connectivity index (χ4v) is 1.97. The monoisotopic (exact) mass is 269 g/mol. The Morgan fingerprint density at radius 1 is 1.20 bits per heavy atom. The Hall–Kier alpha value is -2.20. The maximum Gasteiger partial charge on any atom is 0.227 e. The minimum Gasteiger partial charge on any atom is -0.354 e. The molecule has 0 aliphatic heterocycles. The van der Waals surface area contributed by atoms with Crippen molar-refractivity contribution in [2.24, 2.45) is 5.73 Å². The van der Waals surface area contributed by atoms with Crippen LogP contribution in [-0.4, -0.2) is 17.4 Å². The Balaban J connectivity index is 1.89. The number of nitrogens with one attached hydrogen (secondary N) is 1. The van der Waals surface area contributed by atoms with Crippen molar-refractivity contribution in [1.29, 1.82) is 0 Å². The number of pyridine rings is 1. The van der Waals surface area contributed by atoms with Crippen molar-refractivity contribution in [3.8, 4) is 0 Å². The molecule has 20 heavy (non-hydrogen) atoms. The normalized spacial score (nSPS) is 13.5. The molecule has 1 aromatic carbocycles. The van der Waals surface area contributed by atoms with Crippen LogP contribution in [0.3, 0.4) is 0 Å². The quantitative estimate of drug-likeness (QED) is 0.872. The summed E-state index contributed by atoms with van der Waals surface area (Å²) in [6.45, 7) is 2.29. The van der Waals surface area contributed by atoms with E-state index in [9.17, 15) is 4.79 Å². The van der Waals surface area contributed by atoms with Gasteiger partial charge in [-0.25, -0.2) is 0 Å². The Labute approximate surface area is 119 Å². The number of carbonyl (C=O) groups is 1. The summed E-state index contributed by atoms with van der Waals surface area (Å²) in [7, 11) is 0. The summed E-state index contributed by atoms with van der Waals surface area (Å²) in [5.41, 5.74) is 7.97. The van der Waals surface area contributed by atoms with Gasteiger partial charge in [0.2, 0.25) is 5.91 Å². The number of hydrogen-bond acceptors (Lipinski definition) is 3. The van der Waals surface area contributed by atoms with Gasteiger partial charge in [0.15, 0.2) is 0 Å². The highest BCUT2D eigenvalue weighted by Crippen LogP contribution is 2.14. The SMILES string of the molecule is CC(C(=O)NCC(N)c1ccccc1)c1cccnc1. The number of hydrogen-bond donors (Lipinski definition) is 2. The lowest BCUT2D eigenvalue weighted by Crippen LogP contribution is -2.34. The number of benzene rings is 1. The summed E-state index contributed by atoms with van der Waals surface area (Å²) in [6, 6.07) is 13.3. The maximum absolute atomic E-state index is 12.1. The van der Waals surface area contributed by atoms with E-state index in [2.05, 4.69) is 10.3 Å². The van der Waals surface area contributed by atoms with Crippen molar-refractivity contribution < 1.29 is 4.79 Å². The average molecular weight is 269 g/mol. The van der Waals surface area contributed by atoms with Gasteiger partial charge in [-0.15, -0.1) is 0 Å². The van der Waals surface area contributed by atoms with Crippen LogP contribution in [0.2, 0.25) is 0 Å². The zero-order valence-electron chi connectivity index (χ0n) is 11.5. The first-order valence-electron chi connectivity index (χ1n) is 6.66. The highest BCUT2D eigenvalue weighted by molar-refractivity contribution is 5.83. The summed E-state index contributed by atoms with van der Waals surface area (Å²) >= 11 is 0. The van der Waals surface area contributed by atoms with E-state index in [4.69, 9.17) is 5.73 Å². The predicted molar refractivity (Wildman–Crippen MR) is 79.0 cm³/mol. The second kappa shape index (κ2) is 6.82. The van der Waals surface area contributed by atoms with E-state index >= 15 is 0 Å². The largest absolute Gasteiger partial charge is 0.354 e. The van der Waals surface area contributed by atoms with Crippen molar-refractivity contribution in [2.45, 2.75) is 18.9 Å². The van der Waals surface area contributed by atoms with Crippen LogP contribution in [0.5, 0.6) is 0 Å². The topological polar surface area (TPSA) is 68.0 Å². The third kappa shape index (κ3) is 3.65. The molecule has 0 aliphatic rings. The molecule has 2 aromatic rings. The number of aromatic nitrogens is 1. The number of amides is 1. The Morgan fingerprint density at radius 2 is 1.90 bits per heavy atom. The summed E-state index contributed by atoms with van der Waals surface area (Å²) in [4.78, 5) is 16.1. The van der Waals surface area contributed by atoms with Crippen molar-refractivity contribution in [3.63, 3.8) is 0 Å². The first-order chi connectivity index (χ1) is 9.68. The molecule has 4 nitrogen and oxygen atoms in total. The van der Waals surface area contributed by atoms with Gasteiger partial charge >= 0.3 is 0 Å². The van der Waals surface area contributed by atoms with E-state index in [-0.39, 0.29) is 17.9 Å². The fourth-order valence-electron chi connectivity index (χ4n) is 1.97. The Morgan fingerprint density at radius 3 is 2.55 bits per heavy atom. The molecule has 0 saturated heterocycles. The van der Waals surface area contributed by atoms with Gasteiger partial charge in [0.25, 0.3) is 0 Å². The van der Waals surface area contributed by atoms with Crippen LogP contribution in [0.15, 0.2) is 54.9 Å². The molecule has 4 heteroatoms. The van der Waals surface area contributed by atoms with Crippen molar-refractivity contribution >= 4 is 5.91 Å². The fraction of sp³-hybridized carbons (Fsp3) is 0.250. The van der Waals surface area contributed by atoms with E-state index in [0.29, 0.717) is 6.54 Å². The molecule has 1 heterocycles. The van der Waals surface area contributed by atoms with Crippen LogP contribution in [0.4, 0.5) is 0 Å². The third-order valence-corrected chi connectivity index (χ3v) is 3.30. The minimum absolute atomic E-state index is 0.0376. The first kappa shape index (κ1) is 14.2. The summed E-state index contributed by atoms with van der Waals surface area (Å²) in [6.07, 6.45) is 3.40. The zero-order chi connectivity index (χ0) is 14.4. The molecule has 104 valence electrons. The van der Waals surface area contributed by atoms with Crippen LogP contribution < -0.4 is 11.1 Å². The van der Waals surface area contributed by atoms with Crippen LogP contribution >= 0.6 is 0 Å². The molecule has 0 bridgehead atoms. The number of rotatable bonds is 5. The molecule has 0 radical (unpaired) electrons. The van der Waals surface area contributed by atoms with Gasteiger partial charge in [0.05, 0.1) is 5.92 Å². The van der Waals surface area contributed by atoms with Crippen molar-refractivity contribution in [1.82, 2.24) is 10.3 Å². The number of nitrogens with two attached hydrogens (primary N) is 1. The molecule has 0 fully saturated rings. The lowest BCUT2D eigenvalue weighted by atomic mass is 10.0. The van der Waals surface area contributed by atoms with Crippen LogP contribution in [0, 0.1) is 0 Å². The van der Waals surface area contributed by atoms with Crippen LogP contribution in [0.1, 0.15) is 30.0 Å². The number of nitrogens with zero attached hydrogens (tertiary/aromatic N) is 1. The van der Waals surface area contributed by atoms with Gasteiger partial charge in [-0.3, -0.25) is 9.78 Å². The zero-order valence-corrected chi connectivity index (χ0v) is 11.5. The molecule has 0 saturated carbocycles. The van der Waals surface area contributed by atoms with E-state index in [1.54, 1.807) is 12.4 Å². The maximum atomic E-state index is 12.1. The smallest absolute Gasteiger partial charge is 0.227 e. The van der Waals surface area contributed by atoms with Crippen molar-refractivity contribution in [3.05, 3.63) is 66.0 Å². The van der Waals surface area contributed by atoms with Gasteiger partial charge in [0, 0.05) is 25.0 Å². The molecular weight excluding hydrogens is 250 g/mol. The van der Waals surface area contributed by atoms with Crippen molar-refractivity contribution in [2.75, 3.05) is 6.54 Å². The minimum atomic E-state index is -0.230. The van der Waals surface area contributed by atoms with Gasteiger partial charge in [-0.1, -0.05) is 36.4 Å². The lowest BCUT2D eigenvalue weighted by Gasteiger charge is -2.16. The number of carbonyl (C=O) groups excluding carboxylic acids is 1. The third-order valence-electron chi connectivity index (χ3n) is 3.30. The van der Waals surface area contributed by atoms with Gasteiger partial charge in [-0.05, 0) is 24.1 Å². The Bertz CT molecular complexity index is 542. The molecule has 1 aromatic heterocycles. The van der Waals surface area contributed by atoms with Gasteiger partial charge in [0.1, 0.15) is 0 Å². The van der Waals surface area contributed by atoms with E-state index in [1.807, 2.05) is 49.4 Å².